The number of carbonyl (C=O) groups excluding carboxylic acids is 1. The molecule has 0 aliphatic carbocycles. The van der Waals surface area contributed by atoms with E-state index in [0.717, 1.165) is 32.4 Å². The topological polar surface area (TPSA) is 105 Å². The number of pyridine rings is 1. The van der Waals surface area contributed by atoms with Gasteiger partial charge in [0.15, 0.2) is 0 Å². The zero-order chi connectivity index (χ0) is 23.0. The lowest BCUT2D eigenvalue weighted by Crippen LogP contribution is -2.43. The maximum atomic E-state index is 13.0. The third-order valence-electron chi connectivity index (χ3n) is 4.86. The Balaban J connectivity index is 1.78. The van der Waals surface area contributed by atoms with Crippen LogP contribution in [-0.2, 0) is 26.0 Å². The number of H-pyrrole nitrogens is 1. The van der Waals surface area contributed by atoms with Crippen LogP contribution in [0.1, 0.15) is 44.8 Å². The molecule has 2 aromatic heterocycles. The molecule has 0 amide bonds. The van der Waals surface area contributed by atoms with Crippen LogP contribution in [0.15, 0.2) is 41.4 Å². The van der Waals surface area contributed by atoms with Crippen LogP contribution >= 0.6 is 0 Å². The van der Waals surface area contributed by atoms with Crippen LogP contribution in [0.4, 0.5) is 0 Å². The molecule has 8 nitrogen and oxygen atoms in total. The van der Waals surface area contributed by atoms with Crippen LogP contribution in [0.3, 0.4) is 0 Å². The first-order chi connectivity index (χ1) is 14.4. The molecule has 3 rings (SSSR count). The number of imidazole rings is 1. The van der Waals surface area contributed by atoms with Gasteiger partial charge in [0.25, 0.3) is 0 Å². The van der Waals surface area contributed by atoms with Gasteiger partial charge in [-0.15, -0.1) is 0 Å². The predicted molar refractivity (Wildman–Crippen MR) is 118 cm³/mol. The fraction of sp³-hybridized carbons (Fsp3) is 0.409. The molecule has 1 atom stereocenters. The third kappa shape index (κ3) is 5.11. The third-order valence-corrected chi connectivity index (χ3v) is 6.80. The van der Waals surface area contributed by atoms with Crippen molar-refractivity contribution in [2.24, 2.45) is 0 Å². The smallest absolute Gasteiger partial charge is 0.324 e. The number of sulfonamides is 1. The number of nitrogens with zero attached hydrogens (tertiary/aromatic N) is 3. The Labute approximate surface area is 182 Å². The molecule has 2 heterocycles. The van der Waals surface area contributed by atoms with Crippen molar-refractivity contribution in [1.29, 1.82) is 0 Å². The molecule has 0 aliphatic rings. The molecule has 3 aromatic rings. The molecule has 0 aliphatic heterocycles. The highest BCUT2D eigenvalue weighted by molar-refractivity contribution is 7.89. The summed E-state index contributed by atoms with van der Waals surface area (Å²) in [5.41, 5.74) is 2.75. The van der Waals surface area contributed by atoms with E-state index in [1.165, 1.54) is 14.0 Å². The number of aromatic amines is 1. The van der Waals surface area contributed by atoms with Crippen LogP contribution in [-0.4, -0.2) is 52.3 Å². The van der Waals surface area contributed by atoms with E-state index in [1.54, 1.807) is 51.2 Å². The maximum Gasteiger partial charge on any atom is 0.324 e. The molecule has 0 unspecified atom stereocenters. The summed E-state index contributed by atoms with van der Waals surface area (Å²) in [6.07, 6.45) is 2.24. The number of ether oxygens (including phenoxy) is 1. The molecule has 1 aromatic carbocycles. The predicted octanol–water partition coefficient (Wildman–Crippen LogP) is 3.21. The van der Waals surface area contributed by atoms with Crippen LogP contribution in [0.2, 0.25) is 0 Å². The molecule has 9 heteroatoms. The van der Waals surface area contributed by atoms with E-state index >= 15 is 0 Å². The van der Waals surface area contributed by atoms with Gasteiger partial charge in [0, 0.05) is 19.7 Å². The fourth-order valence-corrected chi connectivity index (χ4v) is 4.44. The van der Waals surface area contributed by atoms with Crippen LogP contribution < -0.4 is 0 Å². The summed E-state index contributed by atoms with van der Waals surface area (Å²) >= 11 is 0. The number of hydrogen-bond donors (Lipinski definition) is 1. The van der Waals surface area contributed by atoms with Crippen molar-refractivity contribution in [2.75, 3.05) is 7.05 Å². The van der Waals surface area contributed by atoms with Crippen molar-refractivity contribution >= 4 is 27.0 Å². The van der Waals surface area contributed by atoms with Crippen LogP contribution in [0.25, 0.3) is 11.0 Å². The summed E-state index contributed by atoms with van der Waals surface area (Å²) < 4.78 is 32.3. The number of hydrogen-bond acceptors (Lipinski definition) is 6. The molecule has 0 saturated heterocycles. The van der Waals surface area contributed by atoms with Crippen molar-refractivity contribution in [2.45, 2.75) is 57.6 Å². The fourth-order valence-electron chi connectivity index (χ4n) is 3.13. The highest BCUT2D eigenvalue weighted by atomic mass is 32.2. The first-order valence-electron chi connectivity index (χ1n) is 9.98. The summed E-state index contributed by atoms with van der Waals surface area (Å²) in [5.74, 6) is 0.219. The Bertz CT molecular complexity index is 1190. The van der Waals surface area contributed by atoms with E-state index in [4.69, 9.17) is 4.74 Å². The number of aryl methyl sites for hydroxylation is 1. The normalized spacial score (nSPS) is 13.5. The number of fused-ring (bicyclic) bond motifs is 1. The van der Waals surface area contributed by atoms with E-state index in [2.05, 4.69) is 15.0 Å². The van der Waals surface area contributed by atoms with Gasteiger partial charge < -0.3 is 9.72 Å². The summed E-state index contributed by atoms with van der Waals surface area (Å²) in [5, 5.41) is 0. The number of carbonyl (C=O) groups is 1. The number of rotatable bonds is 6. The zero-order valence-corrected chi connectivity index (χ0v) is 19.4. The van der Waals surface area contributed by atoms with E-state index in [-0.39, 0.29) is 4.90 Å². The second kappa shape index (κ2) is 8.39. The monoisotopic (exact) mass is 444 g/mol. The molecule has 0 bridgehead atoms. The molecule has 0 fully saturated rings. The van der Waals surface area contributed by atoms with Crippen LogP contribution in [0.5, 0.6) is 0 Å². The second-order valence-electron chi connectivity index (χ2n) is 8.53. The standard InChI is InChI=1S/C22H28N4O4S/c1-14(21(27)30-22(3,4)5)26(6)31(28,29)17-9-7-16(8-10-17)13-19-20-18(11-12-23-19)24-15(2)25-20/h7-12,14H,13H2,1-6H3,(H,24,25)/t14-/m0/s1. The largest absolute Gasteiger partial charge is 0.459 e. The van der Waals surface area contributed by atoms with E-state index in [1.807, 2.05) is 13.0 Å². The first-order valence-corrected chi connectivity index (χ1v) is 11.4. The zero-order valence-electron chi connectivity index (χ0n) is 18.6. The van der Waals surface area contributed by atoms with E-state index in [9.17, 15) is 13.2 Å². The number of nitrogens with one attached hydrogen (secondary N) is 1. The number of aromatic nitrogens is 3. The molecule has 0 radical (unpaired) electrons. The number of benzene rings is 1. The summed E-state index contributed by atoms with van der Waals surface area (Å²) in [7, 11) is -2.48. The Morgan fingerprint density at radius 3 is 2.45 bits per heavy atom. The molecule has 0 saturated carbocycles. The molecule has 166 valence electrons. The van der Waals surface area contributed by atoms with Crippen molar-refractivity contribution < 1.29 is 17.9 Å². The van der Waals surface area contributed by atoms with Crippen molar-refractivity contribution in [3.05, 3.63) is 53.6 Å². The average molecular weight is 445 g/mol. The van der Waals surface area contributed by atoms with Gasteiger partial charge in [-0.05, 0) is 58.4 Å². The highest BCUT2D eigenvalue weighted by Crippen LogP contribution is 2.22. The minimum Gasteiger partial charge on any atom is -0.459 e. The van der Waals surface area contributed by atoms with Gasteiger partial charge in [-0.3, -0.25) is 9.78 Å². The average Bonchev–Trinajstić information content (AvgIpc) is 3.07. The Morgan fingerprint density at radius 1 is 1.19 bits per heavy atom. The Hall–Kier alpha value is -2.78. The molecular weight excluding hydrogens is 416 g/mol. The number of likely N-dealkylation sites (N-methyl/N-ethyl adjacent to an activating group) is 1. The SMILES string of the molecule is Cc1nc2c(Cc3ccc(S(=O)(=O)N(C)[C@@H](C)C(=O)OC(C)(C)C)cc3)nccc2[nH]1. The summed E-state index contributed by atoms with van der Waals surface area (Å²) in [6.45, 7) is 8.62. The minimum absolute atomic E-state index is 0.107. The summed E-state index contributed by atoms with van der Waals surface area (Å²) in [6, 6.07) is 7.50. The highest BCUT2D eigenvalue weighted by Gasteiger charge is 2.32. The lowest BCUT2D eigenvalue weighted by Gasteiger charge is -2.27. The van der Waals surface area contributed by atoms with Crippen molar-refractivity contribution in [1.82, 2.24) is 19.3 Å². The minimum atomic E-state index is -3.86. The molecular formula is C22H28N4O4S. The lowest BCUT2D eigenvalue weighted by molar-refractivity contribution is -0.158. The lowest BCUT2D eigenvalue weighted by atomic mass is 10.1. The van der Waals surface area contributed by atoms with Gasteiger partial charge in [-0.2, -0.15) is 4.31 Å². The van der Waals surface area contributed by atoms with Crippen LogP contribution in [0, 0.1) is 6.92 Å². The summed E-state index contributed by atoms with van der Waals surface area (Å²) in [4.78, 5) is 24.5. The van der Waals surface area contributed by atoms with Gasteiger partial charge in [-0.25, -0.2) is 13.4 Å². The van der Waals surface area contributed by atoms with Gasteiger partial charge in [0.2, 0.25) is 10.0 Å². The number of esters is 1. The van der Waals surface area contributed by atoms with E-state index < -0.39 is 27.6 Å². The van der Waals surface area contributed by atoms with Crippen molar-refractivity contribution in [3.63, 3.8) is 0 Å². The molecule has 0 spiro atoms. The van der Waals surface area contributed by atoms with Crippen molar-refractivity contribution in [3.8, 4) is 0 Å². The van der Waals surface area contributed by atoms with Gasteiger partial charge in [0.05, 0.1) is 16.1 Å². The van der Waals surface area contributed by atoms with E-state index in [0.29, 0.717) is 6.42 Å². The first kappa shape index (κ1) is 22.9. The Morgan fingerprint density at radius 2 is 1.84 bits per heavy atom. The second-order valence-corrected chi connectivity index (χ2v) is 10.5. The quantitative estimate of drug-likeness (QED) is 0.585. The maximum absolute atomic E-state index is 13.0. The Kier molecular flexibility index (Phi) is 6.20. The molecule has 1 N–H and O–H groups in total. The van der Waals surface area contributed by atoms with Gasteiger partial charge in [-0.1, -0.05) is 12.1 Å². The molecule has 31 heavy (non-hydrogen) atoms. The van der Waals surface area contributed by atoms with Gasteiger partial charge in [0.1, 0.15) is 23.0 Å². The van der Waals surface area contributed by atoms with Gasteiger partial charge >= 0.3 is 5.97 Å².